The number of aromatic nitrogens is 4. The van der Waals surface area contributed by atoms with Crippen molar-refractivity contribution < 1.29 is 0 Å². The predicted octanol–water partition coefficient (Wildman–Crippen LogP) is 4.00. The first-order chi connectivity index (χ1) is 10.8. The van der Waals surface area contributed by atoms with Crippen LogP contribution in [-0.2, 0) is 0 Å². The maximum atomic E-state index is 4.77. The largest absolute Gasteiger partial charge is 0.273 e. The second-order valence-corrected chi connectivity index (χ2v) is 5.21. The quantitative estimate of drug-likeness (QED) is 0.606. The molecule has 0 spiro atoms. The molecule has 0 unspecified atom stereocenters. The Kier molecular flexibility index (Phi) is 2.93. The Morgan fingerprint density at radius 2 is 1.68 bits per heavy atom. The number of H-pyrrole nitrogens is 1. The Balaban J connectivity index is 1.93. The summed E-state index contributed by atoms with van der Waals surface area (Å²) in [5.41, 5.74) is 6.54. The number of aromatic amines is 1. The average molecular weight is 286 g/mol. The molecule has 0 aliphatic heterocycles. The molecule has 4 aromatic rings. The monoisotopic (exact) mass is 286 g/mol. The lowest BCUT2D eigenvalue weighted by molar-refractivity contribution is 1.10. The maximum absolute atomic E-state index is 4.77. The zero-order valence-electron chi connectivity index (χ0n) is 12.1. The molecule has 4 heteroatoms. The van der Waals surface area contributed by atoms with Crippen molar-refractivity contribution in [2.45, 2.75) is 6.92 Å². The molecule has 0 atom stereocenters. The van der Waals surface area contributed by atoms with Gasteiger partial charge in [0, 0.05) is 11.1 Å². The minimum absolute atomic E-state index is 0.637. The second kappa shape index (κ2) is 5.07. The summed E-state index contributed by atoms with van der Waals surface area (Å²) in [6.45, 7) is 2.08. The summed E-state index contributed by atoms with van der Waals surface area (Å²) < 4.78 is 0. The standard InChI is InChI=1S/C18H14N4/c1-12-7-5-6-10-14(12)16-17-18(22-21-16)19-11-15(20-17)13-8-3-2-4-9-13/h2-11H,1H3,(H,19,21,22). The summed E-state index contributed by atoms with van der Waals surface area (Å²) in [4.78, 5) is 9.20. The van der Waals surface area contributed by atoms with Crippen molar-refractivity contribution in [2.24, 2.45) is 0 Å². The Bertz CT molecular complexity index is 942. The molecule has 2 aromatic carbocycles. The number of rotatable bonds is 2. The van der Waals surface area contributed by atoms with Gasteiger partial charge in [-0.3, -0.25) is 5.10 Å². The van der Waals surface area contributed by atoms with Crippen LogP contribution in [0.15, 0.2) is 60.8 Å². The lowest BCUT2D eigenvalue weighted by Crippen LogP contribution is -1.89. The summed E-state index contributed by atoms with van der Waals surface area (Å²) in [5, 5.41) is 7.35. The molecule has 0 saturated heterocycles. The zero-order chi connectivity index (χ0) is 14.9. The molecular formula is C18H14N4. The van der Waals surface area contributed by atoms with Crippen molar-refractivity contribution >= 4 is 11.2 Å². The first-order valence-electron chi connectivity index (χ1n) is 7.15. The van der Waals surface area contributed by atoms with Crippen LogP contribution in [0.3, 0.4) is 0 Å². The van der Waals surface area contributed by atoms with Crippen LogP contribution in [0.1, 0.15) is 5.56 Å². The molecule has 0 saturated carbocycles. The van der Waals surface area contributed by atoms with Crippen LogP contribution in [-0.4, -0.2) is 20.2 Å². The van der Waals surface area contributed by atoms with E-state index < -0.39 is 0 Å². The molecule has 106 valence electrons. The highest BCUT2D eigenvalue weighted by atomic mass is 15.2. The molecule has 0 radical (unpaired) electrons. The van der Waals surface area contributed by atoms with Gasteiger partial charge in [-0.1, -0.05) is 54.6 Å². The minimum Gasteiger partial charge on any atom is -0.273 e. The van der Waals surface area contributed by atoms with E-state index in [1.54, 1.807) is 6.20 Å². The van der Waals surface area contributed by atoms with Crippen LogP contribution in [0, 0.1) is 6.92 Å². The summed E-state index contributed by atoms with van der Waals surface area (Å²) in [6, 6.07) is 18.2. The van der Waals surface area contributed by atoms with Gasteiger partial charge in [-0.2, -0.15) is 5.10 Å². The number of benzene rings is 2. The van der Waals surface area contributed by atoms with E-state index >= 15 is 0 Å². The molecular weight excluding hydrogens is 272 g/mol. The van der Waals surface area contributed by atoms with Crippen molar-refractivity contribution in [3.8, 4) is 22.5 Å². The van der Waals surface area contributed by atoms with Crippen LogP contribution < -0.4 is 0 Å². The van der Waals surface area contributed by atoms with Gasteiger partial charge in [0.25, 0.3) is 0 Å². The van der Waals surface area contributed by atoms with Gasteiger partial charge in [0.15, 0.2) is 5.65 Å². The highest BCUT2D eigenvalue weighted by molar-refractivity contribution is 5.89. The highest BCUT2D eigenvalue weighted by Crippen LogP contribution is 2.28. The van der Waals surface area contributed by atoms with Crippen LogP contribution >= 0.6 is 0 Å². The Hall–Kier alpha value is -3.01. The van der Waals surface area contributed by atoms with Crippen LogP contribution in [0.2, 0.25) is 0 Å². The Morgan fingerprint density at radius 3 is 2.50 bits per heavy atom. The van der Waals surface area contributed by atoms with E-state index in [9.17, 15) is 0 Å². The van der Waals surface area contributed by atoms with E-state index in [1.165, 1.54) is 5.56 Å². The molecule has 4 rings (SSSR count). The van der Waals surface area contributed by atoms with Gasteiger partial charge in [-0.25, -0.2) is 9.97 Å². The van der Waals surface area contributed by atoms with Gasteiger partial charge < -0.3 is 0 Å². The van der Waals surface area contributed by atoms with E-state index in [1.807, 2.05) is 42.5 Å². The summed E-state index contributed by atoms with van der Waals surface area (Å²) in [6.07, 6.45) is 1.76. The predicted molar refractivity (Wildman–Crippen MR) is 87.3 cm³/mol. The summed E-state index contributed by atoms with van der Waals surface area (Å²) in [7, 11) is 0. The smallest absolute Gasteiger partial charge is 0.200 e. The Labute approximate surface area is 127 Å². The number of hydrogen-bond acceptors (Lipinski definition) is 3. The SMILES string of the molecule is Cc1ccccc1-c1[nH]nc2ncc(-c3ccccc3)nc12. The van der Waals surface area contributed by atoms with Gasteiger partial charge in [-0.15, -0.1) is 0 Å². The van der Waals surface area contributed by atoms with Crippen LogP contribution in [0.25, 0.3) is 33.7 Å². The molecule has 1 N–H and O–H groups in total. The van der Waals surface area contributed by atoms with Crippen molar-refractivity contribution in [1.82, 2.24) is 20.2 Å². The van der Waals surface area contributed by atoms with Gasteiger partial charge in [0.1, 0.15) is 5.52 Å². The maximum Gasteiger partial charge on any atom is 0.200 e. The number of fused-ring (bicyclic) bond motifs is 1. The fraction of sp³-hybridized carbons (Fsp3) is 0.0556. The zero-order valence-corrected chi connectivity index (χ0v) is 12.1. The molecule has 2 heterocycles. The number of nitrogens with one attached hydrogen (secondary N) is 1. The third kappa shape index (κ3) is 2.05. The van der Waals surface area contributed by atoms with Crippen molar-refractivity contribution in [1.29, 1.82) is 0 Å². The van der Waals surface area contributed by atoms with Crippen molar-refractivity contribution in [2.75, 3.05) is 0 Å². The van der Waals surface area contributed by atoms with E-state index in [0.29, 0.717) is 5.65 Å². The van der Waals surface area contributed by atoms with Crippen LogP contribution in [0.5, 0.6) is 0 Å². The molecule has 2 aromatic heterocycles. The minimum atomic E-state index is 0.637. The van der Waals surface area contributed by atoms with E-state index in [4.69, 9.17) is 4.98 Å². The summed E-state index contributed by atoms with van der Waals surface area (Å²) >= 11 is 0. The first kappa shape index (κ1) is 12.7. The average Bonchev–Trinajstić information content (AvgIpc) is 2.99. The third-order valence-corrected chi connectivity index (χ3v) is 3.75. The Morgan fingerprint density at radius 1 is 0.909 bits per heavy atom. The second-order valence-electron chi connectivity index (χ2n) is 5.21. The molecule has 0 bridgehead atoms. The lowest BCUT2D eigenvalue weighted by Gasteiger charge is -2.04. The normalized spacial score (nSPS) is 11.0. The van der Waals surface area contributed by atoms with Crippen molar-refractivity contribution in [3.63, 3.8) is 0 Å². The number of hydrogen-bond donors (Lipinski definition) is 1. The fourth-order valence-corrected chi connectivity index (χ4v) is 2.58. The van der Waals surface area contributed by atoms with Crippen molar-refractivity contribution in [3.05, 3.63) is 66.4 Å². The topological polar surface area (TPSA) is 54.5 Å². The van der Waals surface area contributed by atoms with Gasteiger partial charge in [0.05, 0.1) is 17.6 Å². The van der Waals surface area contributed by atoms with Gasteiger partial charge in [0.2, 0.25) is 0 Å². The van der Waals surface area contributed by atoms with E-state index in [2.05, 4.69) is 34.2 Å². The first-order valence-corrected chi connectivity index (χ1v) is 7.15. The van der Waals surface area contributed by atoms with Gasteiger partial charge >= 0.3 is 0 Å². The summed E-state index contributed by atoms with van der Waals surface area (Å²) in [5.74, 6) is 0. The van der Waals surface area contributed by atoms with Crippen LogP contribution in [0.4, 0.5) is 0 Å². The van der Waals surface area contributed by atoms with Gasteiger partial charge in [-0.05, 0) is 12.5 Å². The molecule has 0 aliphatic rings. The lowest BCUT2D eigenvalue weighted by atomic mass is 10.1. The van der Waals surface area contributed by atoms with E-state index in [-0.39, 0.29) is 0 Å². The third-order valence-electron chi connectivity index (χ3n) is 3.75. The van der Waals surface area contributed by atoms with E-state index in [0.717, 1.165) is 28.0 Å². The fourth-order valence-electron chi connectivity index (χ4n) is 2.58. The number of aryl methyl sites for hydroxylation is 1. The molecule has 0 amide bonds. The molecule has 0 fully saturated rings. The molecule has 0 aliphatic carbocycles. The number of nitrogens with zero attached hydrogens (tertiary/aromatic N) is 3. The molecule has 4 nitrogen and oxygen atoms in total. The molecule has 22 heavy (non-hydrogen) atoms. The highest BCUT2D eigenvalue weighted by Gasteiger charge is 2.13.